The maximum atomic E-state index is 12.5. The SMILES string of the molecule is COc1ccc2cc([C@H](C)C(=O)NCCCCN3C(=O)OC3(C)C)ccc2c1. The molecule has 2 aromatic rings. The van der Waals surface area contributed by atoms with E-state index in [1.807, 2.05) is 51.1 Å². The fourth-order valence-corrected chi connectivity index (χ4v) is 3.41. The molecule has 1 N–H and O–H groups in total. The Morgan fingerprint density at radius 2 is 1.89 bits per heavy atom. The van der Waals surface area contributed by atoms with Crippen molar-refractivity contribution in [1.82, 2.24) is 10.2 Å². The van der Waals surface area contributed by atoms with E-state index in [1.54, 1.807) is 12.0 Å². The minimum absolute atomic E-state index is 0.0107. The molecule has 6 nitrogen and oxygen atoms in total. The zero-order valence-corrected chi connectivity index (χ0v) is 17.0. The highest BCUT2D eigenvalue weighted by Crippen LogP contribution is 2.28. The van der Waals surface area contributed by atoms with Crippen molar-refractivity contribution in [3.05, 3.63) is 42.0 Å². The standard InChI is InChI=1S/C22H28N2O4/c1-15(16-7-8-18-14-19(27-4)10-9-17(18)13-16)20(25)23-11-5-6-12-24-21(26)28-22(24,2)3/h7-10,13-15H,5-6,11-12H2,1-4H3,(H,23,25)/t15-/m0/s1. The number of rotatable bonds is 8. The molecule has 0 spiro atoms. The normalized spacial score (nSPS) is 16.3. The first kappa shape index (κ1) is 20.0. The lowest BCUT2D eigenvalue weighted by atomic mass is 9.97. The lowest BCUT2D eigenvalue weighted by molar-refractivity contribution is -0.162. The van der Waals surface area contributed by atoms with Gasteiger partial charge >= 0.3 is 6.09 Å². The van der Waals surface area contributed by atoms with Crippen molar-refractivity contribution in [1.29, 1.82) is 0 Å². The highest BCUT2D eigenvalue weighted by molar-refractivity contribution is 5.88. The van der Waals surface area contributed by atoms with E-state index in [4.69, 9.17) is 9.47 Å². The van der Waals surface area contributed by atoms with Crippen LogP contribution in [-0.4, -0.2) is 42.8 Å². The van der Waals surface area contributed by atoms with E-state index in [9.17, 15) is 9.59 Å². The summed E-state index contributed by atoms with van der Waals surface area (Å²) in [7, 11) is 1.65. The zero-order valence-electron chi connectivity index (χ0n) is 17.0. The summed E-state index contributed by atoms with van der Waals surface area (Å²) in [5.74, 6) is 0.605. The first-order valence-electron chi connectivity index (χ1n) is 9.68. The largest absolute Gasteiger partial charge is 0.497 e. The summed E-state index contributed by atoms with van der Waals surface area (Å²) in [6.07, 6.45) is 1.37. The van der Waals surface area contributed by atoms with Gasteiger partial charge in [-0.05, 0) is 62.1 Å². The molecule has 3 rings (SSSR count). The molecule has 1 heterocycles. The summed E-state index contributed by atoms with van der Waals surface area (Å²) in [5, 5.41) is 5.17. The van der Waals surface area contributed by atoms with E-state index in [0.717, 1.165) is 34.9 Å². The summed E-state index contributed by atoms with van der Waals surface area (Å²) >= 11 is 0. The van der Waals surface area contributed by atoms with Crippen LogP contribution >= 0.6 is 0 Å². The number of fused-ring (bicyclic) bond motifs is 1. The number of methoxy groups -OCH3 is 1. The maximum absolute atomic E-state index is 12.5. The van der Waals surface area contributed by atoms with E-state index in [1.165, 1.54) is 0 Å². The molecule has 1 aliphatic rings. The fraction of sp³-hybridized carbons (Fsp3) is 0.455. The summed E-state index contributed by atoms with van der Waals surface area (Å²) in [4.78, 5) is 25.6. The quantitative estimate of drug-likeness (QED) is 0.698. The second kappa shape index (κ2) is 8.09. The topological polar surface area (TPSA) is 67.9 Å². The molecular formula is C22H28N2O4. The molecule has 0 radical (unpaired) electrons. The minimum atomic E-state index is -0.505. The van der Waals surface area contributed by atoms with Gasteiger partial charge in [0, 0.05) is 13.1 Å². The average molecular weight is 384 g/mol. The minimum Gasteiger partial charge on any atom is -0.497 e. The van der Waals surface area contributed by atoms with Gasteiger partial charge < -0.3 is 14.8 Å². The van der Waals surface area contributed by atoms with Crippen molar-refractivity contribution in [3.8, 4) is 5.75 Å². The average Bonchev–Trinajstić information content (AvgIpc) is 2.68. The third-order valence-corrected chi connectivity index (χ3v) is 5.28. The fourth-order valence-electron chi connectivity index (χ4n) is 3.41. The van der Waals surface area contributed by atoms with Crippen LogP contribution in [0, 0.1) is 0 Å². The lowest BCUT2D eigenvalue weighted by Gasteiger charge is -2.46. The summed E-state index contributed by atoms with van der Waals surface area (Å²) in [5.41, 5.74) is 0.481. The summed E-state index contributed by atoms with van der Waals surface area (Å²) in [6.45, 7) is 6.90. The van der Waals surface area contributed by atoms with Crippen LogP contribution < -0.4 is 10.1 Å². The Hall–Kier alpha value is -2.76. The van der Waals surface area contributed by atoms with Gasteiger partial charge in [0.1, 0.15) is 5.75 Å². The third-order valence-electron chi connectivity index (χ3n) is 5.28. The van der Waals surface area contributed by atoms with Crippen molar-refractivity contribution in [3.63, 3.8) is 0 Å². The van der Waals surface area contributed by atoms with E-state index in [2.05, 4.69) is 11.4 Å². The van der Waals surface area contributed by atoms with Crippen LogP contribution in [0.1, 0.15) is 45.1 Å². The van der Waals surface area contributed by atoms with Gasteiger partial charge in [-0.1, -0.05) is 24.3 Å². The molecule has 0 saturated carbocycles. The van der Waals surface area contributed by atoms with Gasteiger partial charge in [0.05, 0.1) is 13.0 Å². The summed E-state index contributed by atoms with van der Waals surface area (Å²) in [6, 6.07) is 12.0. The number of cyclic esters (lactones) is 1. The molecule has 28 heavy (non-hydrogen) atoms. The molecule has 2 aromatic carbocycles. The van der Waals surface area contributed by atoms with Crippen LogP contribution in [0.5, 0.6) is 5.75 Å². The van der Waals surface area contributed by atoms with Gasteiger partial charge in [-0.15, -0.1) is 0 Å². The number of hydrogen-bond donors (Lipinski definition) is 1. The maximum Gasteiger partial charge on any atom is 0.414 e. The number of benzene rings is 2. The van der Waals surface area contributed by atoms with E-state index in [-0.39, 0.29) is 17.9 Å². The van der Waals surface area contributed by atoms with Crippen molar-refractivity contribution in [2.24, 2.45) is 0 Å². The molecular weight excluding hydrogens is 356 g/mol. The highest BCUT2D eigenvalue weighted by atomic mass is 16.6. The van der Waals surface area contributed by atoms with Crippen molar-refractivity contribution >= 4 is 22.8 Å². The second-order valence-electron chi connectivity index (χ2n) is 7.66. The Morgan fingerprint density at radius 3 is 2.57 bits per heavy atom. The van der Waals surface area contributed by atoms with E-state index < -0.39 is 5.72 Å². The Kier molecular flexibility index (Phi) is 5.77. The van der Waals surface area contributed by atoms with Gasteiger partial charge in [-0.3, -0.25) is 9.69 Å². The molecule has 1 atom stereocenters. The van der Waals surface area contributed by atoms with Gasteiger partial charge in [0.2, 0.25) is 5.91 Å². The molecule has 2 amide bonds. The number of nitrogens with zero attached hydrogens (tertiary/aromatic N) is 1. The first-order valence-corrected chi connectivity index (χ1v) is 9.68. The predicted molar refractivity (Wildman–Crippen MR) is 108 cm³/mol. The number of carbonyl (C=O) groups excluding carboxylic acids is 2. The van der Waals surface area contributed by atoms with Crippen molar-refractivity contribution in [2.75, 3.05) is 20.2 Å². The Bertz CT molecular complexity index is 878. The van der Waals surface area contributed by atoms with Gasteiger partial charge in [0.25, 0.3) is 0 Å². The van der Waals surface area contributed by atoms with Crippen LogP contribution in [0.3, 0.4) is 0 Å². The van der Waals surface area contributed by atoms with Gasteiger partial charge in [-0.25, -0.2) is 4.79 Å². The molecule has 1 aliphatic heterocycles. The third kappa shape index (κ3) is 4.21. The van der Waals surface area contributed by atoms with Crippen molar-refractivity contribution in [2.45, 2.75) is 45.3 Å². The van der Waals surface area contributed by atoms with Crippen LogP contribution in [0.25, 0.3) is 10.8 Å². The first-order chi connectivity index (χ1) is 13.3. The Morgan fingerprint density at radius 1 is 1.18 bits per heavy atom. The molecule has 0 bridgehead atoms. The van der Waals surface area contributed by atoms with Crippen LogP contribution in [-0.2, 0) is 9.53 Å². The summed E-state index contributed by atoms with van der Waals surface area (Å²) < 4.78 is 10.3. The Balaban J connectivity index is 1.47. The lowest BCUT2D eigenvalue weighted by Crippen LogP contribution is -2.62. The predicted octanol–water partition coefficient (Wildman–Crippen LogP) is 4.04. The smallest absolute Gasteiger partial charge is 0.414 e. The second-order valence-corrected chi connectivity index (χ2v) is 7.66. The zero-order chi connectivity index (χ0) is 20.3. The molecule has 0 unspecified atom stereocenters. The van der Waals surface area contributed by atoms with Gasteiger partial charge in [-0.2, -0.15) is 0 Å². The molecule has 1 fully saturated rings. The Labute approximate surface area is 165 Å². The number of hydrogen-bond acceptors (Lipinski definition) is 4. The van der Waals surface area contributed by atoms with E-state index in [0.29, 0.717) is 13.1 Å². The molecule has 1 saturated heterocycles. The molecule has 0 aromatic heterocycles. The number of carbonyl (C=O) groups is 2. The van der Waals surface area contributed by atoms with Gasteiger partial charge in [0.15, 0.2) is 5.72 Å². The number of nitrogens with one attached hydrogen (secondary N) is 1. The molecule has 6 heteroatoms. The molecule has 150 valence electrons. The number of amides is 2. The van der Waals surface area contributed by atoms with Crippen LogP contribution in [0.15, 0.2) is 36.4 Å². The number of unbranched alkanes of at least 4 members (excludes halogenated alkanes) is 1. The van der Waals surface area contributed by atoms with Crippen LogP contribution in [0.2, 0.25) is 0 Å². The highest BCUT2D eigenvalue weighted by Gasteiger charge is 2.45. The monoisotopic (exact) mass is 384 g/mol. The van der Waals surface area contributed by atoms with Crippen molar-refractivity contribution < 1.29 is 19.1 Å². The van der Waals surface area contributed by atoms with Crippen LogP contribution in [0.4, 0.5) is 4.79 Å². The molecule has 0 aliphatic carbocycles. The number of ether oxygens (including phenoxy) is 2. The van der Waals surface area contributed by atoms with E-state index >= 15 is 0 Å².